The maximum Gasteiger partial charge on any atom is 0.254 e. The van der Waals surface area contributed by atoms with E-state index < -0.39 is 0 Å². The molecule has 1 aliphatic heterocycles. The van der Waals surface area contributed by atoms with Crippen molar-refractivity contribution in [3.63, 3.8) is 0 Å². The van der Waals surface area contributed by atoms with Gasteiger partial charge in [-0.25, -0.2) is 0 Å². The lowest BCUT2D eigenvalue weighted by Gasteiger charge is -2.41. The Kier molecular flexibility index (Phi) is 7.47. The third-order valence-corrected chi connectivity index (χ3v) is 7.90. The van der Waals surface area contributed by atoms with Crippen molar-refractivity contribution in [2.45, 2.75) is 57.7 Å². The van der Waals surface area contributed by atoms with Gasteiger partial charge in [0.1, 0.15) is 0 Å². The second-order valence-corrected chi connectivity index (χ2v) is 10.6. The number of aryl methyl sites for hydroxylation is 1. The Morgan fingerprint density at radius 1 is 1.03 bits per heavy atom. The van der Waals surface area contributed by atoms with Crippen molar-refractivity contribution < 1.29 is 9.59 Å². The van der Waals surface area contributed by atoms with E-state index in [1.54, 1.807) is 12.1 Å². The molecule has 1 aliphatic carbocycles. The van der Waals surface area contributed by atoms with Crippen LogP contribution in [-0.2, 0) is 6.42 Å². The molecule has 1 atom stereocenters. The molecule has 2 amide bonds. The number of hydrogen-bond donors (Lipinski definition) is 1. The third-order valence-electron chi connectivity index (χ3n) is 7.57. The summed E-state index contributed by atoms with van der Waals surface area (Å²) in [4.78, 5) is 35.3. The number of rotatable bonds is 6. The Morgan fingerprint density at radius 2 is 1.76 bits per heavy atom. The highest BCUT2D eigenvalue weighted by molar-refractivity contribution is 6.33. The van der Waals surface area contributed by atoms with Crippen molar-refractivity contribution in [3.8, 4) is 0 Å². The van der Waals surface area contributed by atoms with Crippen LogP contribution in [0.1, 0.15) is 71.0 Å². The van der Waals surface area contributed by atoms with Crippen molar-refractivity contribution >= 4 is 29.1 Å². The van der Waals surface area contributed by atoms with Crippen LogP contribution in [0.25, 0.3) is 0 Å². The molecule has 0 spiro atoms. The lowest BCUT2D eigenvalue weighted by molar-refractivity contribution is 0.0574. The standard InChI is InChI=1S/C30H33ClN4O2/c1-20(2)35(24-13-17-34(18-14-24)23-11-15-32-16-12-23)30(37)22-8-7-21-9-10-28(26(21)19-22)33-29(36)25-5-3-4-6-27(25)31/h3-8,11-12,15-16,19-20,24,28H,9-10,13-14,17-18H2,1-2H3,(H,33,36)/t28-/m1/s1. The lowest BCUT2D eigenvalue weighted by Crippen LogP contribution is -2.50. The monoisotopic (exact) mass is 516 g/mol. The van der Waals surface area contributed by atoms with Gasteiger partial charge >= 0.3 is 0 Å². The molecule has 37 heavy (non-hydrogen) atoms. The zero-order chi connectivity index (χ0) is 25.9. The van der Waals surface area contributed by atoms with Crippen LogP contribution in [0.15, 0.2) is 67.0 Å². The van der Waals surface area contributed by atoms with Gasteiger partial charge in [-0.2, -0.15) is 0 Å². The van der Waals surface area contributed by atoms with Crippen LogP contribution < -0.4 is 10.2 Å². The van der Waals surface area contributed by atoms with E-state index in [4.69, 9.17) is 11.6 Å². The van der Waals surface area contributed by atoms with Gasteiger partial charge in [-0.3, -0.25) is 14.6 Å². The van der Waals surface area contributed by atoms with E-state index in [0.29, 0.717) is 16.1 Å². The first-order valence-electron chi connectivity index (χ1n) is 13.1. The first-order chi connectivity index (χ1) is 17.9. The van der Waals surface area contributed by atoms with Gasteiger partial charge in [0.2, 0.25) is 0 Å². The first-order valence-corrected chi connectivity index (χ1v) is 13.5. The number of carbonyl (C=O) groups is 2. The molecule has 1 aromatic heterocycles. The predicted octanol–water partition coefficient (Wildman–Crippen LogP) is 5.67. The third kappa shape index (κ3) is 5.35. The second-order valence-electron chi connectivity index (χ2n) is 10.2. The molecule has 0 radical (unpaired) electrons. The van der Waals surface area contributed by atoms with Crippen LogP contribution in [-0.4, -0.2) is 46.9 Å². The molecule has 0 saturated carbocycles. The first kappa shape index (κ1) is 25.3. The molecule has 3 aromatic rings. The molecule has 0 unspecified atom stereocenters. The van der Waals surface area contributed by atoms with Crippen molar-refractivity contribution in [1.29, 1.82) is 0 Å². The van der Waals surface area contributed by atoms with Gasteiger partial charge in [0.15, 0.2) is 0 Å². The number of nitrogens with zero attached hydrogens (tertiary/aromatic N) is 3. The molecular formula is C30H33ClN4O2. The number of aromatic nitrogens is 1. The molecular weight excluding hydrogens is 484 g/mol. The van der Waals surface area contributed by atoms with Gasteiger partial charge < -0.3 is 15.1 Å². The Labute approximate surface area is 223 Å². The van der Waals surface area contributed by atoms with E-state index in [1.165, 1.54) is 11.3 Å². The van der Waals surface area contributed by atoms with Crippen molar-refractivity contribution in [1.82, 2.24) is 15.2 Å². The van der Waals surface area contributed by atoms with E-state index in [2.05, 4.69) is 40.0 Å². The normalized spacial score (nSPS) is 17.5. The minimum Gasteiger partial charge on any atom is -0.371 e. The average molecular weight is 517 g/mol. The van der Waals surface area contributed by atoms with Crippen LogP contribution >= 0.6 is 11.6 Å². The summed E-state index contributed by atoms with van der Waals surface area (Å²) in [5.41, 5.74) is 4.54. The van der Waals surface area contributed by atoms with Gasteiger partial charge in [-0.15, -0.1) is 0 Å². The van der Waals surface area contributed by atoms with Crippen LogP contribution in [0, 0.1) is 0 Å². The predicted molar refractivity (Wildman–Crippen MR) is 147 cm³/mol. The zero-order valence-electron chi connectivity index (χ0n) is 21.4. The van der Waals surface area contributed by atoms with Gasteiger partial charge in [0, 0.05) is 48.8 Å². The molecule has 0 bridgehead atoms. The largest absolute Gasteiger partial charge is 0.371 e. The summed E-state index contributed by atoms with van der Waals surface area (Å²) in [7, 11) is 0. The van der Waals surface area contributed by atoms with Crippen LogP contribution in [0.2, 0.25) is 5.02 Å². The fourth-order valence-corrected chi connectivity index (χ4v) is 5.92. The van der Waals surface area contributed by atoms with Crippen LogP contribution in [0.5, 0.6) is 0 Å². The highest BCUT2D eigenvalue weighted by Gasteiger charge is 2.32. The summed E-state index contributed by atoms with van der Waals surface area (Å²) in [5.74, 6) is -0.131. The molecule has 1 saturated heterocycles. The molecule has 2 aromatic carbocycles. The summed E-state index contributed by atoms with van der Waals surface area (Å²) in [6.07, 6.45) is 7.18. The number of piperidine rings is 1. The SMILES string of the molecule is CC(C)N(C(=O)c1ccc2c(c1)[C@H](NC(=O)c1ccccc1Cl)CC2)C1CCN(c2ccncc2)CC1. The summed E-state index contributed by atoms with van der Waals surface area (Å²) in [6, 6.07) is 17.3. The smallest absolute Gasteiger partial charge is 0.254 e. The number of nitrogens with one attached hydrogen (secondary N) is 1. The number of benzene rings is 2. The number of fused-ring (bicyclic) bond motifs is 1. The van der Waals surface area contributed by atoms with Gasteiger partial charge in [-0.05, 0) is 87.1 Å². The summed E-state index contributed by atoms with van der Waals surface area (Å²) >= 11 is 6.24. The topological polar surface area (TPSA) is 65.5 Å². The zero-order valence-corrected chi connectivity index (χ0v) is 22.1. The Bertz CT molecular complexity index is 1270. The molecule has 6 nitrogen and oxygen atoms in total. The van der Waals surface area contributed by atoms with Crippen molar-refractivity contribution in [2.24, 2.45) is 0 Å². The number of amides is 2. The highest BCUT2D eigenvalue weighted by atomic mass is 35.5. The van der Waals surface area contributed by atoms with Gasteiger partial charge in [0.25, 0.3) is 11.8 Å². The van der Waals surface area contributed by atoms with E-state index >= 15 is 0 Å². The fraction of sp³-hybridized carbons (Fsp3) is 0.367. The highest BCUT2D eigenvalue weighted by Crippen LogP contribution is 2.33. The summed E-state index contributed by atoms with van der Waals surface area (Å²) in [5, 5.41) is 3.57. The molecule has 1 fully saturated rings. The van der Waals surface area contributed by atoms with Gasteiger partial charge in [0.05, 0.1) is 16.6 Å². The summed E-state index contributed by atoms with van der Waals surface area (Å²) in [6.45, 7) is 6.00. The van der Waals surface area contributed by atoms with E-state index in [0.717, 1.165) is 44.3 Å². The average Bonchev–Trinajstić information content (AvgIpc) is 3.31. The molecule has 5 rings (SSSR count). The van der Waals surface area contributed by atoms with E-state index in [-0.39, 0.29) is 29.9 Å². The van der Waals surface area contributed by atoms with Crippen LogP contribution in [0.4, 0.5) is 5.69 Å². The minimum absolute atomic E-state index is 0.0586. The van der Waals surface area contributed by atoms with Gasteiger partial charge in [-0.1, -0.05) is 29.8 Å². The van der Waals surface area contributed by atoms with E-state index in [1.807, 2.05) is 48.8 Å². The van der Waals surface area contributed by atoms with Crippen LogP contribution in [0.3, 0.4) is 0 Å². The Hall–Kier alpha value is -3.38. The lowest BCUT2D eigenvalue weighted by atomic mass is 9.98. The second kappa shape index (κ2) is 10.9. The number of anilines is 1. The molecule has 2 heterocycles. The number of hydrogen-bond acceptors (Lipinski definition) is 4. The quantitative estimate of drug-likeness (QED) is 0.458. The number of pyridine rings is 1. The molecule has 1 N–H and O–H groups in total. The van der Waals surface area contributed by atoms with Crippen molar-refractivity contribution in [2.75, 3.05) is 18.0 Å². The maximum atomic E-state index is 13.8. The maximum absolute atomic E-state index is 13.8. The molecule has 2 aliphatic rings. The van der Waals surface area contributed by atoms with E-state index in [9.17, 15) is 9.59 Å². The Morgan fingerprint density at radius 3 is 2.46 bits per heavy atom. The number of carbonyl (C=O) groups excluding carboxylic acids is 2. The minimum atomic E-state index is -0.190. The summed E-state index contributed by atoms with van der Waals surface area (Å²) < 4.78 is 0. The van der Waals surface area contributed by atoms with Crippen molar-refractivity contribution in [3.05, 3.63) is 94.3 Å². The molecule has 7 heteroatoms. The number of halogens is 1. The fourth-order valence-electron chi connectivity index (χ4n) is 5.69. The Balaban J connectivity index is 1.31. The molecule has 192 valence electrons.